The Kier molecular flexibility index (Phi) is 5.79. The molecule has 0 unspecified atom stereocenters. The Labute approximate surface area is 178 Å². The van der Waals surface area contributed by atoms with Crippen LogP contribution in [0.4, 0.5) is 0 Å². The molecule has 4 aromatic rings. The molecule has 4 rings (SSSR count). The molecule has 2 heterocycles. The number of halogens is 2. The van der Waals surface area contributed by atoms with Crippen LogP contribution in [0.15, 0.2) is 66.9 Å². The molecule has 146 valence electrons. The normalized spacial score (nSPS) is 11.0. The van der Waals surface area contributed by atoms with Crippen molar-refractivity contribution >= 4 is 40.1 Å². The molecule has 0 radical (unpaired) electrons. The minimum absolute atomic E-state index is 0.206. The standard InChI is InChI=1S/C22H18Cl2N4O/c23-16-6-5-7-17(24)15(16)14-28-20-10-2-1-8-18(20)27-21(28)11-13-26-22(29)19-9-3-4-12-25-19/h1-10,12H,11,13-14H2,(H,26,29). The molecule has 0 aliphatic carbocycles. The minimum atomic E-state index is -0.206. The van der Waals surface area contributed by atoms with Gasteiger partial charge in [0.05, 0.1) is 17.6 Å². The van der Waals surface area contributed by atoms with Crippen LogP contribution in [-0.4, -0.2) is 27.0 Å². The predicted octanol–water partition coefficient (Wildman–Crippen LogP) is 4.76. The lowest BCUT2D eigenvalue weighted by Gasteiger charge is -2.12. The molecule has 1 amide bonds. The summed E-state index contributed by atoms with van der Waals surface area (Å²) >= 11 is 12.8. The summed E-state index contributed by atoms with van der Waals surface area (Å²) in [6.45, 7) is 0.942. The smallest absolute Gasteiger partial charge is 0.269 e. The van der Waals surface area contributed by atoms with Crippen LogP contribution in [0.25, 0.3) is 11.0 Å². The maximum Gasteiger partial charge on any atom is 0.269 e. The summed E-state index contributed by atoms with van der Waals surface area (Å²) in [7, 11) is 0. The summed E-state index contributed by atoms with van der Waals surface area (Å²) in [6.07, 6.45) is 2.16. The summed E-state index contributed by atoms with van der Waals surface area (Å²) in [5.41, 5.74) is 3.12. The van der Waals surface area contributed by atoms with E-state index >= 15 is 0 Å². The van der Waals surface area contributed by atoms with Gasteiger partial charge in [0, 0.05) is 34.8 Å². The van der Waals surface area contributed by atoms with Crippen LogP contribution < -0.4 is 5.32 Å². The summed E-state index contributed by atoms with van der Waals surface area (Å²) in [4.78, 5) is 21.1. The summed E-state index contributed by atoms with van der Waals surface area (Å²) in [6, 6.07) is 18.6. The second-order valence-electron chi connectivity index (χ2n) is 6.52. The van der Waals surface area contributed by atoms with Crippen molar-refractivity contribution in [3.8, 4) is 0 Å². The fourth-order valence-corrected chi connectivity index (χ4v) is 3.73. The van der Waals surface area contributed by atoms with Crippen LogP contribution in [0.2, 0.25) is 10.0 Å². The van der Waals surface area contributed by atoms with Gasteiger partial charge >= 0.3 is 0 Å². The molecule has 7 heteroatoms. The van der Waals surface area contributed by atoms with Gasteiger partial charge in [-0.1, -0.05) is 47.5 Å². The zero-order valence-corrected chi connectivity index (χ0v) is 17.0. The molecular weight excluding hydrogens is 407 g/mol. The monoisotopic (exact) mass is 424 g/mol. The van der Waals surface area contributed by atoms with Crippen molar-refractivity contribution < 1.29 is 4.79 Å². The van der Waals surface area contributed by atoms with Gasteiger partial charge in [-0.3, -0.25) is 9.78 Å². The van der Waals surface area contributed by atoms with Crippen molar-refractivity contribution in [3.63, 3.8) is 0 Å². The van der Waals surface area contributed by atoms with Crippen LogP contribution in [-0.2, 0) is 13.0 Å². The number of nitrogens with zero attached hydrogens (tertiary/aromatic N) is 3. The quantitative estimate of drug-likeness (QED) is 0.485. The second kappa shape index (κ2) is 8.64. The van der Waals surface area contributed by atoms with E-state index in [4.69, 9.17) is 28.2 Å². The number of aromatic nitrogens is 3. The molecule has 1 N–H and O–H groups in total. The highest BCUT2D eigenvalue weighted by Crippen LogP contribution is 2.27. The maximum absolute atomic E-state index is 12.2. The van der Waals surface area contributed by atoms with E-state index in [1.54, 1.807) is 24.4 Å². The van der Waals surface area contributed by atoms with Gasteiger partial charge in [0.15, 0.2) is 0 Å². The van der Waals surface area contributed by atoms with Gasteiger partial charge in [-0.25, -0.2) is 4.98 Å². The summed E-state index contributed by atoms with van der Waals surface area (Å²) < 4.78 is 2.09. The van der Waals surface area contributed by atoms with Gasteiger partial charge in [-0.2, -0.15) is 0 Å². The van der Waals surface area contributed by atoms with Crippen molar-refractivity contribution in [1.29, 1.82) is 0 Å². The number of imidazole rings is 1. The Bertz CT molecular complexity index is 1140. The molecular formula is C22H18Cl2N4O. The highest BCUT2D eigenvalue weighted by Gasteiger charge is 2.14. The number of hydrogen-bond acceptors (Lipinski definition) is 3. The first-order chi connectivity index (χ1) is 14.1. The largest absolute Gasteiger partial charge is 0.350 e. The van der Waals surface area contributed by atoms with E-state index in [1.807, 2.05) is 42.5 Å². The molecule has 0 aliphatic heterocycles. The van der Waals surface area contributed by atoms with Gasteiger partial charge in [0.1, 0.15) is 11.5 Å². The van der Waals surface area contributed by atoms with Crippen LogP contribution in [0.5, 0.6) is 0 Å². The van der Waals surface area contributed by atoms with Gasteiger partial charge in [-0.05, 0) is 36.4 Å². The Morgan fingerprint density at radius 2 is 1.72 bits per heavy atom. The van der Waals surface area contributed by atoms with Crippen LogP contribution in [0.1, 0.15) is 21.9 Å². The lowest BCUT2D eigenvalue weighted by Crippen LogP contribution is -2.27. The highest BCUT2D eigenvalue weighted by atomic mass is 35.5. The first-order valence-electron chi connectivity index (χ1n) is 9.20. The molecule has 0 fully saturated rings. The fourth-order valence-electron chi connectivity index (χ4n) is 3.21. The Balaban J connectivity index is 1.58. The lowest BCUT2D eigenvalue weighted by atomic mass is 10.2. The zero-order chi connectivity index (χ0) is 20.2. The number of carbonyl (C=O) groups is 1. The maximum atomic E-state index is 12.2. The predicted molar refractivity (Wildman–Crippen MR) is 116 cm³/mol. The van der Waals surface area contributed by atoms with Gasteiger partial charge in [0.2, 0.25) is 0 Å². The Hall–Kier alpha value is -2.89. The van der Waals surface area contributed by atoms with Crippen molar-refractivity contribution in [1.82, 2.24) is 19.9 Å². The molecule has 2 aromatic heterocycles. The van der Waals surface area contributed by atoms with Gasteiger partial charge in [-0.15, -0.1) is 0 Å². The summed E-state index contributed by atoms with van der Waals surface area (Å²) in [5.74, 6) is 0.644. The van der Waals surface area contributed by atoms with Gasteiger partial charge in [0.25, 0.3) is 5.91 Å². The molecule has 0 atom stereocenters. The average Bonchev–Trinajstić information content (AvgIpc) is 3.08. The number of pyridine rings is 1. The first kappa shape index (κ1) is 19.4. The number of carbonyl (C=O) groups excluding carboxylic acids is 1. The number of para-hydroxylation sites is 2. The number of amides is 1. The molecule has 0 spiro atoms. The van der Waals surface area contributed by atoms with E-state index in [9.17, 15) is 4.79 Å². The highest BCUT2D eigenvalue weighted by molar-refractivity contribution is 6.36. The molecule has 5 nitrogen and oxygen atoms in total. The third-order valence-electron chi connectivity index (χ3n) is 4.64. The third-order valence-corrected chi connectivity index (χ3v) is 5.35. The second-order valence-corrected chi connectivity index (χ2v) is 7.34. The first-order valence-corrected chi connectivity index (χ1v) is 9.95. The average molecular weight is 425 g/mol. The van der Waals surface area contributed by atoms with Crippen molar-refractivity contribution in [2.45, 2.75) is 13.0 Å². The van der Waals surface area contributed by atoms with Crippen molar-refractivity contribution in [2.75, 3.05) is 6.54 Å². The summed E-state index contributed by atoms with van der Waals surface area (Å²) in [5, 5.41) is 4.13. The van der Waals surface area contributed by atoms with Gasteiger partial charge < -0.3 is 9.88 Å². The van der Waals surface area contributed by atoms with Crippen LogP contribution in [0.3, 0.4) is 0 Å². The van der Waals surface area contributed by atoms with Crippen molar-refractivity contribution in [2.24, 2.45) is 0 Å². The van der Waals surface area contributed by atoms with E-state index in [2.05, 4.69) is 14.9 Å². The number of rotatable bonds is 6. The molecule has 0 bridgehead atoms. The van der Waals surface area contributed by atoms with E-state index in [0.717, 1.165) is 22.4 Å². The van der Waals surface area contributed by atoms with E-state index in [1.165, 1.54) is 0 Å². The Morgan fingerprint density at radius 3 is 2.48 bits per heavy atom. The molecule has 29 heavy (non-hydrogen) atoms. The number of fused-ring (bicyclic) bond motifs is 1. The molecule has 0 saturated carbocycles. The lowest BCUT2D eigenvalue weighted by molar-refractivity contribution is 0.0949. The number of nitrogens with one attached hydrogen (secondary N) is 1. The SMILES string of the molecule is O=C(NCCc1nc2ccccc2n1Cc1c(Cl)cccc1Cl)c1ccccn1. The van der Waals surface area contributed by atoms with Crippen LogP contribution in [0, 0.1) is 0 Å². The minimum Gasteiger partial charge on any atom is -0.350 e. The molecule has 0 saturated heterocycles. The van der Waals surface area contributed by atoms with E-state index < -0.39 is 0 Å². The van der Waals surface area contributed by atoms with Crippen LogP contribution >= 0.6 is 23.2 Å². The van der Waals surface area contributed by atoms with E-state index in [0.29, 0.717) is 35.2 Å². The third kappa shape index (κ3) is 4.26. The number of hydrogen-bond donors (Lipinski definition) is 1. The van der Waals surface area contributed by atoms with Crippen molar-refractivity contribution in [3.05, 3.63) is 94.0 Å². The Morgan fingerprint density at radius 1 is 0.966 bits per heavy atom. The molecule has 2 aromatic carbocycles. The van der Waals surface area contributed by atoms with E-state index in [-0.39, 0.29) is 5.91 Å². The topological polar surface area (TPSA) is 59.8 Å². The molecule has 0 aliphatic rings. The zero-order valence-electron chi connectivity index (χ0n) is 15.5. The number of benzene rings is 2. The fraction of sp³-hybridized carbons (Fsp3) is 0.136.